The Balaban J connectivity index is 1.66. The lowest BCUT2D eigenvalue weighted by molar-refractivity contribution is 0.204. The van der Waals surface area contributed by atoms with Crippen LogP contribution in [0.3, 0.4) is 0 Å². The van der Waals surface area contributed by atoms with Crippen LogP contribution in [-0.4, -0.2) is 37.0 Å². The van der Waals surface area contributed by atoms with Crippen molar-refractivity contribution in [3.05, 3.63) is 48.5 Å². The fourth-order valence-corrected chi connectivity index (χ4v) is 5.79. The van der Waals surface area contributed by atoms with Crippen LogP contribution in [0.25, 0.3) is 0 Å². The molecule has 1 saturated heterocycles. The van der Waals surface area contributed by atoms with E-state index < -0.39 is 10.0 Å². The van der Waals surface area contributed by atoms with Crippen LogP contribution in [0, 0.1) is 0 Å². The van der Waals surface area contributed by atoms with E-state index in [9.17, 15) is 8.42 Å². The quantitative estimate of drug-likeness (QED) is 0.679. The van der Waals surface area contributed by atoms with Crippen LogP contribution >= 0.6 is 12.2 Å². The first-order valence-electron chi connectivity index (χ1n) is 9.67. The minimum absolute atomic E-state index is 0.0165. The van der Waals surface area contributed by atoms with E-state index in [0.29, 0.717) is 10.0 Å². The van der Waals surface area contributed by atoms with Crippen molar-refractivity contribution in [2.75, 3.05) is 17.7 Å². The van der Waals surface area contributed by atoms with Crippen LogP contribution in [0.15, 0.2) is 53.4 Å². The van der Waals surface area contributed by atoms with Crippen molar-refractivity contribution < 1.29 is 13.2 Å². The van der Waals surface area contributed by atoms with Crippen molar-refractivity contribution in [2.24, 2.45) is 0 Å². The average Bonchev–Trinajstić information content (AvgIpc) is 2.68. The third-order valence-electron chi connectivity index (χ3n) is 5.15. The largest absolute Gasteiger partial charge is 0.497 e. The molecule has 0 spiro atoms. The molecular formula is C21H27N3O3S2. The van der Waals surface area contributed by atoms with E-state index in [4.69, 9.17) is 17.0 Å². The molecule has 2 N–H and O–H groups in total. The zero-order chi connectivity index (χ0) is 21.0. The molecule has 0 aliphatic carbocycles. The molecule has 0 unspecified atom stereocenters. The van der Waals surface area contributed by atoms with Gasteiger partial charge in [-0.2, -0.15) is 4.31 Å². The predicted molar refractivity (Wildman–Crippen MR) is 121 cm³/mol. The number of anilines is 2. The molecule has 1 heterocycles. The Morgan fingerprint density at radius 2 is 1.45 bits per heavy atom. The normalized spacial score (nSPS) is 20.1. The van der Waals surface area contributed by atoms with E-state index >= 15 is 0 Å². The molecule has 0 bridgehead atoms. The second-order valence-corrected chi connectivity index (χ2v) is 9.55. The number of ether oxygens (including phenoxy) is 1. The zero-order valence-corrected chi connectivity index (χ0v) is 18.5. The minimum Gasteiger partial charge on any atom is -0.497 e. The number of benzene rings is 2. The number of piperidine rings is 1. The van der Waals surface area contributed by atoms with E-state index in [-0.39, 0.29) is 12.1 Å². The van der Waals surface area contributed by atoms with Gasteiger partial charge in [-0.05, 0) is 87.4 Å². The maximum Gasteiger partial charge on any atom is 0.243 e. The highest BCUT2D eigenvalue weighted by atomic mass is 32.2. The fourth-order valence-electron chi connectivity index (χ4n) is 3.67. The topological polar surface area (TPSA) is 70.7 Å². The third-order valence-corrected chi connectivity index (χ3v) is 7.49. The number of hydrogen-bond donors (Lipinski definition) is 2. The molecule has 1 aliphatic rings. The molecule has 3 rings (SSSR count). The highest BCUT2D eigenvalue weighted by Gasteiger charge is 2.35. The summed E-state index contributed by atoms with van der Waals surface area (Å²) in [5.74, 6) is 0.767. The molecule has 0 radical (unpaired) electrons. The molecule has 2 aromatic carbocycles. The third kappa shape index (κ3) is 5.07. The van der Waals surface area contributed by atoms with Crippen molar-refractivity contribution >= 4 is 38.7 Å². The van der Waals surface area contributed by atoms with Crippen LogP contribution in [0.5, 0.6) is 5.75 Å². The molecule has 0 saturated carbocycles. The highest BCUT2D eigenvalue weighted by Crippen LogP contribution is 2.30. The monoisotopic (exact) mass is 433 g/mol. The van der Waals surface area contributed by atoms with E-state index in [1.54, 1.807) is 35.7 Å². The van der Waals surface area contributed by atoms with Gasteiger partial charge in [-0.1, -0.05) is 6.42 Å². The van der Waals surface area contributed by atoms with Crippen molar-refractivity contribution in [2.45, 2.75) is 50.1 Å². The van der Waals surface area contributed by atoms with Gasteiger partial charge in [0.15, 0.2) is 5.11 Å². The summed E-state index contributed by atoms with van der Waals surface area (Å²) in [5, 5.41) is 6.58. The van der Waals surface area contributed by atoms with Gasteiger partial charge in [0.05, 0.1) is 12.0 Å². The van der Waals surface area contributed by atoms with E-state index in [2.05, 4.69) is 10.6 Å². The number of methoxy groups -OCH3 is 1. The molecule has 1 aliphatic heterocycles. The van der Waals surface area contributed by atoms with Crippen molar-refractivity contribution in [3.8, 4) is 5.75 Å². The molecule has 156 valence electrons. The van der Waals surface area contributed by atoms with Gasteiger partial charge in [-0.25, -0.2) is 8.42 Å². The van der Waals surface area contributed by atoms with Gasteiger partial charge in [0.1, 0.15) is 5.75 Å². The summed E-state index contributed by atoms with van der Waals surface area (Å²) in [7, 11) is -1.90. The van der Waals surface area contributed by atoms with Crippen LogP contribution in [0.2, 0.25) is 0 Å². The summed E-state index contributed by atoms with van der Waals surface area (Å²) in [6.45, 7) is 3.96. The van der Waals surface area contributed by atoms with Crippen LogP contribution in [0.4, 0.5) is 11.4 Å². The molecule has 29 heavy (non-hydrogen) atoms. The van der Waals surface area contributed by atoms with Gasteiger partial charge in [0, 0.05) is 23.5 Å². The van der Waals surface area contributed by atoms with Crippen LogP contribution < -0.4 is 15.4 Å². The molecule has 6 nitrogen and oxygen atoms in total. The lowest BCUT2D eigenvalue weighted by Gasteiger charge is -2.37. The average molecular weight is 434 g/mol. The molecular weight excluding hydrogens is 406 g/mol. The standard InChI is InChI=1S/C21H27N3O3S2/c1-15-5-4-6-16(2)24(15)29(25,26)20-13-9-18(10-14-20)23-21(28)22-17-7-11-19(27-3)12-8-17/h7-16H,4-6H2,1-3H3,(H2,22,23,28)/t15-,16+. The van der Waals surface area contributed by atoms with Crippen LogP contribution in [0.1, 0.15) is 33.1 Å². The summed E-state index contributed by atoms with van der Waals surface area (Å²) >= 11 is 5.34. The van der Waals surface area contributed by atoms with E-state index in [1.165, 1.54) is 0 Å². The lowest BCUT2D eigenvalue weighted by atomic mass is 10.0. The predicted octanol–water partition coefficient (Wildman–Crippen LogP) is 4.46. The first-order chi connectivity index (χ1) is 13.8. The number of nitrogens with zero attached hydrogens (tertiary/aromatic N) is 1. The first-order valence-corrected chi connectivity index (χ1v) is 11.5. The summed E-state index contributed by atoms with van der Waals surface area (Å²) in [6.07, 6.45) is 2.86. The Morgan fingerprint density at radius 1 is 0.966 bits per heavy atom. The van der Waals surface area contributed by atoms with E-state index in [1.807, 2.05) is 38.1 Å². The van der Waals surface area contributed by atoms with Crippen molar-refractivity contribution in [3.63, 3.8) is 0 Å². The maximum atomic E-state index is 13.1. The van der Waals surface area contributed by atoms with Crippen molar-refractivity contribution in [1.82, 2.24) is 4.31 Å². The summed E-state index contributed by atoms with van der Waals surface area (Å²) in [5.41, 5.74) is 1.55. The van der Waals surface area contributed by atoms with Gasteiger partial charge in [-0.3, -0.25) is 0 Å². The second-order valence-electron chi connectivity index (χ2n) is 7.30. The summed E-state index contributed by atoms with van der Waals surface area (Å²) in [6, 6.07) is 14.2. The Kier molecular flexibility index (Phi) is 6.77. The second kappa shape index (κ2) is 9.11. The number of rotatable bonds is 5. The molecule has 2 aromatic rings. The fraction of sp³-hybridized carbons (Fsp3) is 0.381. The Hall–Kier alpha value is -2.16. The van der Waals surface area contributed by atoms with Gasteiger partial charge in [0.2, 0.25) is 10.0 Å². The maximum absolute atomic E-state index is 13.1. The smallest absolute Gasteiger partial charge is 0.243 e. The lowest BCUT2D eigenvalue weighted by Crippen LogP contribution is -2.47. The van der Waals surface area contributed by atoms with Gasteiger partial charge in [0.25, 0.3) is 0 Å². The SMILES string of the molecule is COc1ccc(NC(=S)Nc2ccc(S(=O)(=O)N3[C@H](C)CCC[C@@H]3C)cc2)cc1. The van der Waals surface area contributed by atoms with Gasteiger partial charge < -0.3 is 15.4 Å². The van der Waals surface area contributed by atoms with E-state index in [0.717, 1.165) is 36.4 Å². The first kappa shape index (κ1) is 21.5. The molecule has 0 aromatic heterocycles. The molecule has 1 fully saturated rings. The Labute approximate surface area is 178 Å². The molecule has 0 amide bonds. The van der Waals surface area contributed by atoms with Crippen LogP contribution in [-0.2, 0) is 10.0 Å². The number of sulfonamides is 1. The molecule has 2 atom stereocenters. The number of hydrogen-bond acceptors (Lipinski definition) is 4. The molecule has 8 heteroatoms. The highest BCUT2D eigenvalue weighted by molar-refractivity contribution is 7.89. The number of nitrogens with one attached hydrogen (secondary N) is 2. The summed E-state index contributed by atoms with van der Waals surface area (Å²) in [4.78, 5) is 0.303. The Bertz CT molecular complexity index is 934. The zero-order valence-electron chi connectivity index (χ0n) is 16.9. The van der Waals surface area contributed by atoms with Gasteiger partial charge in [-0.15, -0.1) is 0 Å². The Morgan fingerprint density at radius 3 is 1.93 bits per heavy atom. The summed E-state index contributed by atoms with van der Waals surface area (Å²) < 4.78 is 33.0. The van der Waals surface area contributed by atoms with Gasteiger partial charge >= 0.3 is 0 Å². The number of thiocarbonyl (C=S) groups is 1. The van der Waals surface area contributed by atoms with Crippen molar-refractivity contribution in [1.29, 1.82) is 0 Å². The minimum atomic E-state index is -3.52.